The Hall–Kier alpha value is -0.540. The molecule has 17 heavy (non-hydrogen) atoms. The van der Waals surface area contributed by atoms with Crippen LogP contribution in [0.25, 0.3) is 0 Å². The van der Waals surface area contributed by atoms with E-state index >= 15 is 0 Å². The molecule has 1 saturated heterocycles. The van der Waals surface area contributed by atoms with Gasteiger partial charge in [0.1, 0.15) is 0 Å². The molecule has 3 nitrogen and oxygen atoms in total. The molecule has 0 bridgehead atoms. The van der Waals surface area contributed by atoms with Gasteiger partial charge in [-0.25, -0.2) is 0 Å². The standard InChI is InChI=1S/C13H21NO2.ClH/c1-2-3-4-8-14-9-11-6-5-7-13(11,10-14)12(15)16;/h2,11H,1,3-10H2,(H,15,16);1H/t11-,13+;/m0./s1. The van der Waals surface area contributed by atoms with Gasteiger partial charge in [0, 0.05) is 13.1 Å². The molecular weight excluding hydrogens is 238 g/mol. The van der Waals surface area contributed by atoms with Crippen molar-refractivity contribution in [1.29, 1.82) is 0 Å². The van der Waals surface area contributed by atoms with Crippen molar-refractivity contribution in [2.45, 2.75) is 32.1 Å². The number of likely N-dealkylation sites (tertiary alicyclic amines) is 1. The van der Waals surface area contributed by atoms with Gasteiger partial charge >= 0.3 is 5.97 Å². The van der Waals surface area contributed by atoms with Gasteiger partial charge in [-0.05, 0) is 38.1 Å². The number of hydrogen-bond donors (Lipinski definition) is 1. The van der Waals surface area contributed by atoms with Crippen molar-refractivity contribution in [2.24, 2.45) is 11.3 Å². The molecule has 2 fully saturated rings. The first-order chi connectivity index (χ1) is 7.69. The number of rotatable bonds is 5. The lowest BCUT2D eigenvalue weighted by atomic mass is 9.81. The Bertz CT molecular complexity index is 295. The Morgan fingerprint density at radius 3 is 2.94 bits per heavy atom. The summed E-state index contributed by atoms with van der Waals surface area (Å²) >= 11 is 0. The predicted octanol–water partition coefficient (Wildman–Crippen LogP) is 2.56. The Morgan fingerprint density at radius 2 is 2.35 bits per heavy atom. The molecule has 1 aliphatic carbocycles. The van der Waals surface area contributed by atoms with E-state index in [1.807, 2.05) is 6.08 Å². The van der Waals surface area contributed by atoms with Crippen LogP contribution in [0.4, 0.5) is 0 Å². The number of carboxylic acids is 1. The van der Waals surface area contributed by atoms with Crippen LogP contribution in [0.2, 0.25) is 0 Å². The Morgan fingerprint density at radius 1 is 1.59 bits per heavy atom. The fraction of sp³-hybridized carbons (Fsp3) is 0.769. The Balaban J connectivity index is 0.00000144. The smallest absolute Gasteiger partial charge is 0.311 e. The lowest BCUT2D eigenvalue weighted by Gasteiger charge is -2.23. The highest BCUT2D eigenvalue weighted by molar-refractivity contribution is 5.85. The second-order valence-electron chi connectivity index (χ2n) is 5.22. The van der Waals surface area contributed by atoms with E-state index in [1.165, 1.54) is 0 Å². The first-order valence-electron chi connectivity index (χ1n) is 6.26. The molecule has 4 heteroatoms. The number of allylic oxidation sites excluding steroid dienone is 1. The van der Waals surface area contributed by atoms with Crippen molar-refractivity contribution in [3.05, 3.63) is 12.7 Å². The summed E-state index contributed by atoms with van der Waals surface area (Å²) in [5.74, 6) is -0.171. The van der Waals surface area contributed by atoms with Crippen LogP contribution in [0.5, 0.6) is 0 Å². The molecule has 1 heterocycles. The average Bonchev–Trinajstić information content (AvgIpc) is 2.74. The SMILES string of the molecule is C=CCCCN1C[C@@H]2CCC[C@@]2(C(=O)O)C1.Cl. The first-order valence-corrected chi connectivity index (χ1v) is 6.26. The summed E-state index contributed by atoms with van der Waals surface area (Å²) in [6.45, 7) is 6.49. The lowest BCUT2D eigenvalue weighted by molar-refractivity contribution is -0.149. The second-order valence-corrected chi connectivity index (χ2v) is 5.22. The van der Waals surface area contributed by atoms with Crippen LogP contribution in [-0.4, -0.2) is 35.6 Å². The van der Waals surface area contributed by atoms with Gasteiger partial charge in [0.05, 0.1) is 5.41 Å². The van der Waals surface area contributed by atoms with Crippen LogP contribution in [0.15, 0.2) is 12.7 Å². The maximum atomic E-state index is 11.4. The molecule has 2 rings (SSSR count). The minimum atomic E-state index is -0.568. The monoisotopic (exact) mass is 259 g/mol. The quantitative estimate of drug-likeness (QED) is 0.609. The van der Waals surface area contributed by atoms with Crippen molar-refractivity contribution < 1.29 is 9.90 Å². The van der Waals surface area contributed by atoms with Crippen LogP contribution in [0.3, 0.4) is 0 Å². The molecule has 0 amide bonds. The zero-order chi connectivity index (χ0) is 11.6. The molecule has 1 aliphatic heterocycles. The molecule has 1 N–H and O–H groups in total. The Labute approximate surface area is 109 Å². The van der Waals surface area contributed by atoms with E-state index in [-0.39, 0.29) is 12.4 Å². The summed E-state index contributed by atoms with van der Waals surface area (Å²) in [7, 11) is 0. The third kappa shape index (κ3) is 2.66. The van der Waals surface area contributed by atoms with Gasteiger partial charge in [-0.2, -0.15) is 0 Å². The maximum absolute atomic E-state index is 11.4. The summed E-state index contributed by atoms with van der Waals surface area (Å²) in [6, 6.07) is 0. The molecule has 0 aromatic rings. The van der Waals surface area contributed by atoms with E-state index in [4.69, 9.17) is 0 Å². The fourth-order valence-corrected chi connectivity index (χ4v) is 3.37. The topological polar surface area (TPSA) is 40.5 Å². The summed E-state index contributed by atoms with van der Waals surface area (Å²) in [6.07, 6.45) is 7.14. The van der Waals surface area contributed by atoms with Crippen LogP contribution in [0.1, 0.15) is 32.1 Å². The molecule has 0 unspecified atom stereocenters. The van der Waals surface area contributed by atoms with Crippen molar-refractivity contribution >= 4 is 18.4 Å². The number of hydrogen-bond acceptors (Lipinski definition) is 2. The number of halogens is 1. The van der Waals surface area contributed by atoms with Gasteiger partial charge in [0.15, 0.2) is 0 Å². The largest absolute Gasteiger partial charge is 0.481 e. The van der Waals surface area contributed by atoms with Crippen LogP contribution in [-0.2, 0) is 4.79 Å². The number of fused-ring (bicyclic) bond motifs is 1. The van der Waals surface area contributed by atoms with Crippen molar-refractivity contribution in [1.82, 2.24) is 4.90 Å². The fourth-order valence-electron chi connectivity index (χ4n) is 3.37. The van der Waals surface area contributed by atoms with Gasteiger partial charge in [-0.15, -0.1) is 19.0 Å². The number of carboxylic acid groups (broad SMARTS) is 1. The van der Waals surface area contributed by atoms with Gasteiger partial charge in [0.25, 0.3) is 0 Å². The Kier molecular flexibility index (Phi) is 5.02. The lowest BCUT2D eigenvalue weighted by Crippen LogP contribution is -2.35. The molecule has 0 radical (unpaired) electrons. The molecular formula is C13H22ClNO2. The summed E-state index contributed by atoms with van der Waals surface area (Å²) < 4.78 is 0. The van der Waals surface area contributed by atoms with Crippen molar-refractivity contribution in [3.8, 4) is 0 Å². The normalized spacial score (nSPS) is 31.9. The van der Waals surface area contributed by atoms with E-state index in [2.05, 4.69) is 11.5 Å². The van der Waals surface area contributed by atoms with Crippen LogP contribution < -0.4 is 0 Å². The average molecular weight is 260 g/mol. The predicted molar refractivity (Wildman–Crippen MR) is 70.5 cm³/mol. The third-order valence-electron chi connectivity index (χ3n) is 4.25. The first kappa shape index (κ1) is 14.5. The number of aliphatic carboxylic acids is 1. The van der Waals surface area contributed by atoms with Gasteiger partial charge in [-0.3, -0.25) is 4.79 Å². The summed E-state index contributed by atoms with van der Waals surface area (Å²) in [5, 5.41) is 9.42. The van der Waals surface area contributed by atoms with Crippen molar-refractivity contribution in [3.63, 3.8) is 0 Å². The molecule has 2 aliphatic rings. The highest BCUT2D eigenvalue weighted by atomic mass is 35.5. The molecule has 98 valence electrons. The number of unbranched alkanes of at least 4 members (excludes halogenated alkanes) is 1. The second kappa shape index (κ2) is 5.87. The van der Waals surface area contributed by atoms with Crippen LogP contribution >= 0.6 is 12.4 Å². The van der Waals surface area contributed by atoms with Gasteiger partial charge in [0.2, 0.25) is 0 Å². The van der Waals surface area contributed by atoms with Gasteiger partial charge < -0.3 is 10.0 Å². The zero-order valence-electron chi connectivity index (χ0n) is 10.2. The number of nitrogens with zero attached hydrogens (tertiary/aromatic N) is 1. The van der Waals surface area contributed by atoms with Gasteiger partial charge in [-0.1, -0.05) is 12.5 Å². The highest BCUT2D eigenvalue weighted by Crippen LogP contribution is 2.48. The zero-order valence-corrected chi connectivity index (χ0v) is 11.0. The van der Waals surface area contributed by atoms with E-state index < -0.39 is 11.4 Å². The van der Waals surface area contributed by atoms with Crippen LogP contribution in [0, 0.1) is 11.3 Å². The van der Waals surface area contributed by atoms with E-state index in [0.29, 0.717) is 5.92 Å². The van der Waals surface area contributed by atoms with E-state index in [9.17, 15) is 9.90 Å². The minimum absolute atomic E-state index is 0. The molecule has 0 aromatic carbocycles. The summed E-state index contributed by atoms with van der Waals surface area (Å²) in [5.41, 5.74) is -0.409. The third-order valence-corrected chi connectivity index (χ3v) is 4.25. The summed E-state index contributed by atoms with van der Waals surface area (Å²) in [4.78, 5) is 13.8. The number of carbonyl (C=O) groups is 1. The molecule has 0 spiro atoms. The molecule has 2 atom stereocenters. The molecule has 0 aromatic heterocycles. The van der Waals surface area contributed by atoms with E-state index in [1.54, 1.807) is 0 Å². The molecule has 1 saturated carbocycles. The minimum Gasteiger partial charge on any atom is -0.481 e. The van der Waals surface area contributed by atoms with E-state index in [0.717, 1.165) is 51.7 Å². The van der Waals surface area contributed by atoms with Crippen molar-refractivity contribution in [2.75, 3.05) is 19.6 Å². The highest BCUT2D eigenvalue weighted by Gasteiger charge is 2.54. The maximum Gasteiger partial charge on any atom is 0.311 e.